The number of rotatable bonds is 8. The highest BCUT2D eigenvalue weighted by Gasteiger charge is 2.13. The summed E-state index contributed by atoms with van der Waals surface area (Å²) in [4.78, 5) is 11.7. The molecule has 0 saturated heterocycles. The second-order valence-corrected chi connectivity index (χ2v) is 7.79. The van der Waals surface area contributed by atoms with Crippen molar-refractivity contribution < 1.29 is 4.74 Å². The molecule has 0 spiro atoms. The number of ether oxygens (including phenoxy) is 1. The maximum atomic E-state index is 5.45. The van der Waals surface area contributed by atoms with Gasteiger partial charge < -0.3 is 15.0 Å². The summed E-state index contributed by atoms with van der Waals surface area (Å²) in [5, 5.41) is 7.75. The van der Waals surface area contributed by atoms with Crippen LogP contribution in [-0.4, -0.2) is 46.0 Å². The van der Waals surface area contributed by atoms with E-state index in [4.69, 9.17) is 9.72 Å². The monoisotopic (exact) mass is 452 g/mol. The molecule has 7 nitrogen and oxygen atoms in total. The Morgan fingerprint density at radius 2 is 1.88 bits per heavy atom. The van der Waals surface area contributed by atoms with Gasteiger partial charge in [-0.2, -0.15) is 5.10 Å². The second kappa shape index (κ2) is 10.4. The van der Waals surface area contributed by atoms with Crippen molar-refractivity contribution in [3.8, 4) is 17.0 Å². The third-order valence-corrected chi connectivity index (χ3v) is 5.09. The van der Waals surface area contributed by atoms with Crippen LogP contribution >= 0.6 is 12.4 Å². The Kier molecular flexibility index (Phi) is 7.66. The summed E-state index contributed by atoms with van der Waals surface area (Å²) in [6.07, 6.45) is 5.55. The van der Waals surface area contributed by atoms with E-state index in [9.17, 15) is 0 Å². The number of aromatic nitrogens is 4. The minimum Gasteiger partial charge on any atom is -0.497 e. The summed E-state index contributed by atoms with van der Waals surface area (Å²) >= 11 is 0. The average molecular weight is 453 g/mol. The minimum atomic E-state index is 0. The molecule has 2 heterocycles. The van der Waals surface area contributed by atoms with Crippen molar-refractivity contribution in [3.63, 3.8) is 0 Å². The fraction of sp³-hybridized carbons (Fsp3) is 0.292. The molecule has 0 amide bonds. The molecule has 0 fully saturated rings. The van der Waals surface area contributed by atoms with E-state index >= 15 is 0 Å². The fourth-order valence-corrected chi connectivity index (χ4v) is 3.51. The molecule has 4 rings (SSSR count). The first kappa shape index (κ1) is 23.5. The molecular weight excluding hydrogens is 424 g/mol. The van der Waals surface area contributed by atoms with Crippen molar-refractivity contribution in [1.82, 2.24) is 25.1 Å². The zero-order chi connectivity index (χ0) is 21.8. The molecule has 0 aliphatic heterocycles. The molecule has 0 saturated carbocycles. The maximum absolute atomic E-state index is 5.45. The molecule has 0 bridgehead atoms. The van der Waals surface area contributed by atoms with Crippen molar-refractivity contribution in [2.45, 2.75) is 19.9 Å². The molecule has 1 N–H and O–H groups in total. The van der Waals surface area contributed by atoms with Crippen LogP contribution in [-0.2, 0) is 7.05 Å². The van der Waals surface area contributed by atoms with Crippen LogP contribution in [0.25, 0.3) is 22.3 Å². The summed E-state index contributed by atoms with van der Waals surface area (Å²) in [5.74, 6) is 0.832. The molecular formula is C24H29ClN6O. The predicted molar refractivity (Wildman–Crippen MR) is 132 cm³/mol. The number of fused-ring (bicyclic) bond motifs is 1. The first-order valence-electron chi connectivity index (χ1n) is 10.4. The van der Waals surface area contributed by atoms with Crippen LogP contribution in [0.5, 0.6) is 5.75 Å². The molecule has 2 aromatic heterocycles. The number of hydrogen-bond donors (Lipinski definition) is 1. The SMILES string of the molecule is COc1cccc(N(CCNC(C)C)c2ccc3ncc(-c4cnn(C)c4)nc3c2)c1.Cl. The Morgan fingerprint density at radius 1 is 1.06 bits per heavy atom. The lowest BCUT2D eigenvalue weighted by Crippen LogP contribution is -2.32. The van der Waals surface area contributed by atoms with Crippen LogP contribution in [0.3, 0.4) is 0 Å². The molecule has 32 heavy (non-hydrogen) atoms. The Balaban J connectivity index is 0.00000289. The van der Waals surface area contributed by atoms with Crippen LogP contribution in [0.2, 0.25) is 0 Å². The molecule has 0 unspecified atom stereocenters. The van der Waals surface area contributed by atoms with Gasteiger partial charge in [-0.05, 0) is 30.3 Å². The lowest BCUT2D eigenvalue weighted by molar-refractivity contribution is 0.415. The molecule has 4 aromatic rings. The molecule has 0 radical (unpaired) electrons. The fourth-order valence-electron chi connectivity index (χ4n) is 3.51. The van der Waals surface area contributed by atoms with Gasteiger partial charge in [0.2, 0.25) is 0 Å². The lowest BCUT2D eigenvalue weighted by atomic mass is 10.2. The number of nitrogens with one attached hydrogen (secondary N) is 1. The van der Waals surface area contributed by atoms with Crippen LogP contribution in [0.15, 0.2) is 61.1 Å². The number of benzene rings is 2. The van der Waals surface area contributed by atoms with Gasteiger partial charge in [0.05, 0.1) is 36.2 Å². The number of nitrogens with zero attached hydrogens (tertiary/aromatic N) is 5. The van der Waals surface area contributed by atoms with Gasteiger partial charge >= 0.3 is 0 Å². The van der Waals surface area contributed by atoms with Gasteiger partial charge in [0.25, 0.3) is 0 Å². The molecule has 0 aliphatic rings. The van der Waals surface area contributed by atoms with Crippen LogP contribution in [0.4, 0.5) is 11.4 Å². The number of methoxy groups -OCH3 is 1. The number of halogens is 1. The smallest absolute Gasteiger partial charge is 0.120 e. The number of anilines is 2. The molecule has 168 valence electrons. The van der Waals surface area contributed by atoms with Gasteiger partial charge in [-0.3, -0.25) is 9.67 Å². The van der Waals surface area contributed by atoms with Gasteiger partial charge in [0, 0.05) is 55.4 Å². The average Bonchev–Trinajstić information content (AvgIpc) is 3.22. The zero-order valence-electron chi connectivity index (χ0n) is 18.8. The highest BCUT2D eigenvalue weighted by molar-refractivity contribution is 5.85. The summed E-state index contributed by atoms with van der Waals surface area (Å²) in [6.45, 7) is 5.98. The normalized spacial score (nSPS) is 10.9. The van der Waals surface area contributed by atoms with E-state index in [1.165, 1.54) is 0 Å². The van der Waals surface area contributed by atoms with E-state index in [0.29, 0.717) is 6.04 Å². The standard InChI is InChI=1S/C24H28N6O.ClH/c1-17(2)25-10-11-30(19-6-5-7-21(12-19)31-4)20-8-9-22-23(13-20)28-24(15-26-22)18-14-27-29(3)16-18;/h5-9,12-17,25H,10-11H2,1-4H3;1H. The Hall–Kier alpha value is -3.16. The van der Waals surface area contributed by atoms with Crippen molar-refractivity contribution in [1.29, 1.82) is 0 Å². The molecule has 0 aliphatic carbocycles. The van der Waals surface area contributed by atoms with Gasteiger partial charge in [0.15, 0.2) is 0 Å². The van der Waals surface area contributed by atoms with Crippen LogP contribution in [0, 0.1) is 0 Å². The third kappa shape index (κ3) is 5.36. The summed E-state index contributed by atoms with van der Waals surface area (Å²) in [6, 6.07) is 14.8. The van der Waals surface area contributed by atoms with E-state index in [0.717, 1.165) is 52.5 Å². The summed E-state index contributed by atoms with van der Waals surface area (Å²) in [7, 11) is 3.59. The lowest BCUT2D eigenvalue weighted by Gasteiger charge is -2.26. The predicted octanol–water partition coefficient (Wildman–Crippen LogP) is 4.60. The van der Waals surface area contributed by atoms with E-state index in [-0.39, 0.29) is 12.4 Å². The quantitative estimate of drug-likeness (QED) is 0.421. The Morgan fingerprint density at radius 3 is 2.59 bits per heavy atom. The minimum absolute atomic E-state index is 0. The van der Waals surface area contributed by atoms with Gasteiger partial charge in [-0.15, -0.1) is 12.4 Å². The first-order valence-corrected chi connectivity index (χ1v) is 10.4. The van der Waals surface area contributed by atoms with Gasteiger partial charge in [-0.1, -0.05) is 19.9 Å². The molecule has 0 atom stereocenters. The largest absolute Gasteiger partial charge is 0.497 e. The van der Waals surface area contributed by atoms with Crippen molar-refractivity contribution in [2.24, 2.45) is 7.05 Å². The number of aryl methyl sites for hydroxylation is 1. The summed E-state index contributed by atoms with van der Waals surface area (Å²) < 4.78 is 7.22. The van der Waals surface area contributed by atoms with Crippen molar-refractivity contribution in [3.05, 3.63) is 61.1 Å². The van der Waals surface area contributed by atoms with Crippen molar-refractivity contribution >= 4 is 34.8 Å². The van der Waals surface area contributed by atoms with E-state index < -0.39 is 0 Å². The topological polar surface area (TPSA) is 68.1 Å². The van der Waals surface area contributed by atoms with Crippen LogP contribution < -0.4 is 15.0 Å². The zero-order valence-corrected chi connectivity index (χ0v) is 19.6. The molecule has 8 heteroatoms. The Bertz CT molecular complexity index is 1180. The molecule has 2 aromatic carbocycles. The van der Waals surface area contributed by atoms with Crippen LogP contribution in [0.1, 0.15) is 13.8 Å². The van der Waals surface area contributed by atoms with E-state index in [2.05, 4.69) is 58.4 Å². The Labute approximate surface area is 194 Å². The van der Waals surface area contributed by atoms with E-state index in [1.807, 2.05) is 31.4 Å². The highest BCUT2D eigenvalue weighted by atomic mass is 35.5. The van der Waals surface area contributed by atoms with Gasteiger partial charge in [0.1, 0.15) is 5.75 Å². The van der Waals surface area contributed by atoms with E-state index in [1.54, 1.807) is 24.2 Å². The highest BCUT2D eigenvalue weighted by Crippen LogP contribution is 2.30. The first-order chi connectivity index (χ1) is 15.0. The second-order valence-electron chi connectivity index (χ2n) is 7.79. The van der Waals surface area contributed by atoms with Gasteiger partial charge in [-0.25, -0.2) is 4.98 Å². The third-order valence-electron chi connectivity index (χ3n) is 5.09. The summed E-state index contributed by atoms with van der Waals surface area (Å²) in [5.41, 5.74) is 5.61. The maximum Gasteiger partial charge on any atom is 0.120 e. The number of hydrogen-bond acceptors (Lipinski definition) is 6. The van der Waals surface area contributed by atoms with Crippen molar-refractivity contribution in [2.75, 3.05) is 25.1 Å².